The molecule has 0 radical (unpaired) electrons. The number of carbonyl (C=O) groups excluding carboxylic acids is 2. The highest BCUT2D eigenvalue weighted by Crippen LogP contribution is 2.40. The summed E-state index contributed by atoms with van der Waals surface area (Å²) in [6.07, 6.45) is 4.78. The van der Waals surface area contributed by atoms with E-state index in [4.69, 9.17) is 9.47 Å². The number of methoxy groups -OCH3 is 1. The molecule has 1 aromatic heterocycles. The molecule has 0 aliphatic carbocycles. The number of aliphatic hydroxyl groups excluding tert-OH is 1. The molecule has 0 fully saturated rings. The quantitative estimate of drug-likeness (QED) is 0.352. The molecule has 168 valence electrons. The van der Waals surface area contributed by atoms with Gasteiger partial charge in [-0.3, -0.25) is 10.1 Å². The maximum atomic E-state index is 13.1. The lowest BCUT2D eigenvalue weighted by Crippen LogP contribution is -2.36. The largest absolute Gasteiger partial charge is 0.466 e. The number of ether oxygens (including phenoxy) is 2. The van der Waals surface area contributed by atoms with Crippen molar-refractivity contribution in [1.82, 2.24) is 14.9 Å². The topological polar surface area (TPSA) is 146 Å². The summed E-state index contributed by atoms with van der Waals surface area (Å²) in [5.41, 5.74) is 0.617. The Bertz CT molecular complexity index is 1090. The summed E-state index contributed by atoms with van der Waals surface area (Å²) >= 11 is 0. The zero-order valence-electron chi connectivity index (χ0n) is 17.5. The van der Waals surface area contributed by atoms with Gasteiger partial charge in [0.1, 0.15) is 0 Å². The van der Waals surface area contributed by atoms with Crippen molar-refractivity contribution >= 4 is 17.6 Å². The monoisotopic (exact) mass is 442 g/mol. The summed E-state index contributed by atoms with van der Waals surface area (Å²) in [5.74, 6) is -2.56. The second-order valence-electron chi connectivity index (χ2n) is 6.80. The van der Waals surface area contributed by atoms with E-state index in [0.717, 1.165) is 0 Å². The van der Waals surface area contributed by atoms with Crippen LogP contribution in [0.25, 0.3) is 0 Å². The van der Waals surface area contributed by atoms with Gasteiger partial charge in [-0.25, -0.2) is 14.6 Å². The standard InChI is InChI=1S/C21H22N4O7/c1-3-32-21(28)18-15(10-24-8-7-22-12-24)23-16(11-26)19(20(27)31-2)17(18)13-5-4-6-14(9-13)25(29)30/h4-9,12,17,23,26H,3,10-11H2,1-2H3. The van der Waals surface area contributed by atoms with Crippen LogP contribution in [-0.2, 0) is 25.6 Å². The number of esters is 2. The van der Waals surface area contributed by atoms with Crippen molar-refractivity contribution in [2.45, 2.75) is 19.4 Å². The van der Waals surface area contributed by atoms with Crippen molar-refractivity contribution in [3.63, 3.8) is 0 Å². The smallest absolute Gasteiger partial charge is 0.336 e. The highest BCUT2D eigenvalue weighted by molar-refractivity contribution is 6.00. The van der Waals surface area contributed by atoms with E-state index in [2.05, 4.69) is 10.3 Å². The summed E-state index contributed by atoms with van der Waals surface area (Å²) in [6.45, 7) is 1.31. The second kappa shape index (κ2) is 9.88. The first kappa shape index (κ1) is 22.7. The summed E-state index contributed by atoms with van der Waals surface area (Å²) in [7, 11) is 1.17. The molecule has 0 bridgehead atoms. The maximum absolute atomic E-state index is 13.1. The third-order valence-electron chi connectivity index (χ3n) is 4.90. The van der Waals surface area contributed by atoms with Gasteiger partial charge < -0.3 is 24.5 Å². The van der Waals surface area contributed by atoms with E-state index in [1.807, 2.05) is 0 Å². The van der Waals surface area contributed by atoms with Gasteiger partial charge in [0.2, 0.25) is 0 Å². The van der Waals surface area contributed by atoms with Gasteiger partial charge in [0.25, 0.3) is 5.69 Å². The number of non-ortho nitro benzene ring substituents is 1. The minimum absolute atomic E-state index is 0.0343. The number of carbonyl (C=O) groups is 2. The lowest BCUT2D eigenvalue weighted by atomic mass is 9.80. The van der Waals surface area contributed by atoms with Crippen LogP contribution in [0.5, 0.6) is 0 Å². The first-order valence-corrected chi connectivity index (χ1v) is 9.70. The van der Waals surface area contributed by atoms with E-state index in [1.54, 1.807) is 30.0 Å². The van der Waals surface area contributed by atoms with Crippen LogP contribution in [0.4, 0.5) is 5.69 Å². The maximum Gasteiger partial charge on any atom is 0.336 e. The Labute approximate surface area is 183 Å². The van der Waals surface area contributed by atoms with Crippen LogP contribution in [0.1, 0.15) is 18.4 Å². The van der Waals surface area contributed by atoms with Gasteiger partial charge in [-0.1, -0.05) is 12.1 Å². The summed E-state index contributed by atoms with van der Waals surface area (Å²) in [6, 6.07) is 5.61. The third kappa shape index (κ3) is 4.52. The molecule has 0 amide bonds. The Hall–Kier alpha value is -3.99. The first-order chi connectivity index (χ1) is 15.4. The molecule has 3 rings (SSSR count). The molecule has 0 saturated heterocycles. The van der Waals surface area contributed by atoms with E-state index in [1.165, 1.54) is 31.6 Å². The molecule has 32 heavy (non-hydrogen) atoms. The van der Waals surface area contributed by atoms with Gasteiger partial charge in [-0.15, -0.1) is 0 Å². The number of allylic oxidation sites excluding steroid dienone is 1. The number of imidazole rings is 1. The average molecular weight is 442 g/mol. The number of rotatable bonds is 8. The van der Waals surface area contributed by atoms with E-state index >= 15 is 0 Å². The number of nitro groups is 1. The van der Waals surface area contributed by atoms with Gasteiger partial charge in [0.15, 0.2) is 0 Å². The fourth-order valence-corrected chi connectivity index (χ4v) is 3.57. The second-order valence-corrected chi connectivity index (χ2v) is 6.80. The Morgan fingerprint density at radius 3 is 2.62 bits per heavy atom. The third-order valence-corrected chi connectivity index (χ3v) is 4.90. The van der Waals surface area contributed by atoms with Crippen molar-refractivity contribution in [2.75, 3.05) is 20.3 Å². The Morgan fingerprint density at radius 1 is 1.28 bits per heavy atom. The normalized spacial score (nSPS) is 15.9. The molecule has 0 saturated carbocycles. The molecule has 2 heterocycles. The number of nitro benzene ring substituents is 1. The van der Waals surface area contributed by atoms with Crippen LogP contribution < -0.4 is 5.32 Å². The van der Waals surface area contributed by atoms with Crippen molar-refractivity contribution in [1.29, 1.82) is 0 Å². The minimum Gasteiger partial charge on any atom is -0.466 e. The number of nitrogens with one attached hydrogen (secondary N) is 1. The lowest BCUT2D eigenvalue weighted by molar-refractivity contribution is -0.384. The molecule has 1 aliphatic heterocycles. The van der Waals surface area contributed by atoms with Crippen molar-refractivity contribution in [2.24, 2.45) is 0 Å². The minimum atomic E-state index is -1.07. The fourth-order valence-electron chi connectivity index (χ4n) is 3.57. The van der Waals surface area contributed by atoms with E-state index < -0.39 is 29.4 Å². The highest BCUT2D eigenvalue weighted by atomic mass is 16.6. The Morgan fingerprint density at radius 2 is 2.03 bits per heavy atom. The molecular weight excluding hydrogens is 420 g/mol. The summed E-state index contributed by atoms with van der Waals surface area (Å²) < 4.78 is 11.9. The number of aliphatic hydroxyl groups is 1. The molecular formula is C21H22N4O7. The molecule has 1 aromatic carbocycles. The number of nitrogens with zero attached hydrogens (tertiary/aromatic N) is 3. The number of hydrogen-bond donors (Lipinski definition) is 2. The van der Waals surface area contributed by atoms with E-state index in [9.17, 15) is 24.8 Å². The molecule has 11 heteroatoms. The van der Waals surface area contributed by atoms with Crippen molar-refractivity contribution in [3.8, 4) is 0 Å². The van der Waals surface area contributed by atoms with Crippen molar-refractivity contribution in [3.05, 3.63) is 81.2 Å². The average Bonchev–Trinajstić information content (AvgIpc) is 3.30. The summed E-state index contributed by atoms with van der Waals surface area (Å²) in [4.78, 5) is 40.6. The van der Waals surface area contributed by atoms with Gasteiger partial charge >= 0.3 is 11.9 Å². The van der Waals surface area contributed by atoms with Crippen LogP contribution in [0.3, 0.4) is 0 Å². The van der Waals surface area contributed by atoms with Gasteiger partial charge in [0.05, 0.1) is 60.9 Å². The van der Waals surface area contributed by atoms with Gasteiger partial charge in [-0.2, -0.15) is 0 Å². The zero-order valence-corrected chi connectivity index (χ0v) is 17.5. The van der Waals surface area contributed by atoms with Crippen LogP contribution >= 0.6 is 0 Å². The van der Waals surface area contributed by atoms with E-state index in [-0.39, 0.29) is 35.7 Å². The molecule has 2 aromatic rings. The fraction of sp³-hybridized carbons (Fsp3) is 0.286. The molecule has 11 nitrogen and oxygen atoms in total. The molecule has 1 unspecified atom stereocenters. The van der Waals surface area contributed by atoms with Crippen LogP contribution in [0.2, 0.25) is 0 Å². The Balaban J connectivity index is 2.28. The number of dihydropyridines is 1. The number of hydrogen-bond acceptors (Lipinski definition) is 9. The van der Waals surface area contributed by atoms with Crippen LogP contribution in [-0.4, -0.2) is 51.8 Å². The number of benzene rings is 1. The first-order valence-electron chi connectivity index (χ1n) is 9.70. The predicted octanol–water partition coefficient (Wildman–Crippen LogP) is 1.41. The van der Waals surface area contributed by atoms with Crippen LogP contribution in [0.15, 0.2) is 65.5 Å². The molecule has 1 aliphatic rings. The van der Waals surface area contributed by atoms with Crippen molar-refractivity contribution < 1.29 is 29.1 Å². The molecule has 0 spiro atoms. The highest BCUT2D eigenvalue weighted by Gasteiger charge is 2.40. The lowest BCUT2D eigenvalue weighted by Gasteiger charge is -2.32. The molecule has 1 atom stereocenters. The predicted molar refractivity (Wildman–Crippen MR) is 111 cm³/mol. The zero-order chi connectivity index (χ0) is 23.3. The van der Waals surface area contributed by atoms with Gasteiger partial charge in [0, 0.05) is 30.2 Å². The van der Waals surface area contributed by atoms with Gasteiger partial charge in [-0.05, 0) is 12.5 Å². The van der Waals surface area contributed by atoms with Crippen LogP contribution in [0, 0.1) is 10.1 Å². The Kier molecular flexibility index (Phi) is 7.00. The SMILES string of the molecule is CCOC(=O)C1=C(Cn2ccnc2)NC(CO)=C(C(=O)OC)C1c1cccc([N+](=O)[O-])c1. The number of aromatic nitrogens is 2. The van der Waals surface area contributed by atoms with E-state index in [0.29, 0.717) is 11.3 Å². The molecule has 2 N–H and O–H groups in total. The summed E-state index contributed by atoms with van der Waals surface area (Å²) in [5, 5.41) is 24.3.